The Morgan fingerprint density at radius 3 is 2.50 bits per heavy atom. The van der Waals surface area contributed by atoms with Gasteiger partial charge in [0.25, 0.3) is 0 Å². The minimum absolute atomic E-state index is 0.00376. The molecular formula is C19H29N3O2. The number of rotatable bonds is 4. The van der Waals surface area contributed by atoms with Crippen molar-refractivity contribution in [2.45, 2.75) is 38.7 Å². The Hall–Kier alpha value is -1.59. The molecule has 0 spiro atoms. The van der Waals surface area contributed by atoms with Crippen LogP contribution < -0.4 is 5.32 Å². The Bertz CT molecular complexity index is 530. The van der Waals surface area contributed by atoms with Crippen LogP contribution >= 0.6 is 0 Å². The molecule has 132 valence electrons. The van der Waals surface area contributed by atoms with Gasteiger partial charge in [-0.3, -0.25) is 4.90 Å². The van der Waals surface area contributed by atoms with Crippen molar-refractivity contribution in [2.24, 2.45) is 0 Å². The largest absolute Gasteiger partial charge is 0.377 e. The highest BCUT2D eigenvalue weighted by atomic mass is 16.5. The predicted molar refractivity (Wildman–Crippen MR) is 96.5 cm³/mol. The molecule has 2 saturated heterocycles. The third-order valence-electron chi connectivity index (χ3n) is 4.97. The van der Waals surface area contributed by atoms with Crippen LogP contribution in [-0.2, 0) is 4.74 Å². The highest BCUT2D eigenvalue weighted by molar-refractivity contribution is 5.89. The van der Waals surface area contributed by atoms with Crippen LogP contribution in [0.2, 0.25) is 0 Å². The molecule has 1 aromatic rings. The number of carbonyl (C=O) groups is 1. The van der Waals surface area contributed by atoms with E-state index in [1.54, 1.807) is 0 Å². The van der Waals surface area contributed by atoms with Crippen molar-refractivity contribution in [1.29, 1.82) is 0 Å². The number of amides is 2. The van der Waals surface area contributed by atoms with Gasteiger partial charge < -0.3 is 15.0 Å². The standard InChI is InChI=1S/C19H29N3O2/c1-15(2)16-5-7-17(8-6-16)20-19(23)22-11-9-21(10-12-22)14-18-4-3-13-24-18/h5-8,15,18H,3-4,9-14H2,1-2H3,(H,20,23). The van der Waals surface area contributed by atoms with Crippen molar-refractivity contribution in [2.75, 3.05) is 44.6 Å². The Labute approximate surface area is 145 Å². The van der Waals surface area contributed by atoms with Crippen molar-refractivity contribution in [3.63, 3.8) is 0 Å². The fourth-order valence-corrected chi connectivity index (χ4v) is 3.36. The smallest absolute Gasteiger partial charge is 0.321 e. The van der Waals surface area contributed by atoms with Gasteiger partial charge in [0.05, 0.1) is 6.10 Å². The van der Waals surface area contributed by atoms with Crippen LogP contribution in [0.3, 0.4) is 0 Å². The second kappa shape index (κ2) is 7.99. The summed E-state index contributed by atoms with van der Waals surface area (Å²) in [7, 11) is 0. The lowest BCUT2D eigenvalue weighted by molar-refractivity contribution is 0.0572. The molecule has 5 nitrogen and oxygen atoms in total. The number of urea groups is 1. The van der Waals surface area contributed by atoms with Gasteiger partial charge in [-0.2, -0.15) is 0 Å². The Kier molecular flexibility index (Phi) is 5.74. The van der Waals surface area contributed by atoms with E-state index >= 15 is 0 Å². The number of anilines is 1. The lowest BCUT2D eigenvalue weighted by Crippen LogP contribution is -2.51. The molecule has 1 atom stereocenters. The first-order valence-corrected chi connectivity index (χ1v) is 9.11. The average Bonchev–Trinajstić information content (AvgIpc) is 3.09. The normalized spacial score (nSPS) is 22.1. The highest BCUT2D eigenvalue weighted by Crippen LogP contribution is 2.18. The van der Waals surface area contributed by atoms with Crippen LogP contribution in [0.15, 0.2) is 24.3 Å². The van der Waals surface area contributed by atoms with Gasteiger partial charge in [0.2, 0.25) is 0 Å². The van der Waals surface area contributed by atoms with Crippen LogP contribution in [0, 0.1) is 0 Å². The number of carbonyl (C=O) groups excluding carboxylic acids is 1. The zero-order valence-corrected chi connectivity index (χ0v) is 14.8. The number of ether oxygens (including phenoxy) is 1. The Balaban J connectivity index is 1.44. The van der Waals surface area contributed by atoms with Crippen LogP contribution in [0.1, 0.15) is 38.2 Å². The number of nitrogens with one attached hydrogen (secondary N) is 1. The molecule has 0 bridgehead atoms. The topological polar surface area (TPSA) is 44.8 Å². The molecule has 24 heavy (non-hydrogen) atoms. The SMILES string of the molecule is CC(C)c1ccc(NC(=O)N2CCN(CC3CCCO3)CC2)cc1. The van der Waals surface area contributed by atoms with Crippen LogP contribution in [-0.4, -0.2) is 61.3 Å². The van der Waals surface area contributed by atoms with Gasteiger partial charge in [0.15, 0.2) is 0 Å². The maximum absolute atomic E-state index is 12.4. The molecular weight excluding hydrogens is 302 g/mol. The number of piperazine rings is 1. The van der Waals surface area contributed by atoms with E-state index in [0.29, 0.717) is 12.0 Å². The monoisotopic (exact) mass is 331 g/mol. The minimum Gasteiger partial charge on any atom is -0.377 e. The predicted octanol–water partition coefficient (Wildman–Crippen LogP) is 3.14. The summed E-state index contributed by atoms with van der Waals surface area (Å²) >= 11 is 0. The summed E-state index contributed by atoms with van der Waals surface area (Å²) in [6, 6.07) is 8.14. The minimum atomic E-state index is 0.00376. The molecule has 0 aliphatic carbocycles. The highest BCUT2D eigenvalue weighted by Gasteiger charge is 2.24. The summed E-state index contributed by atoms with van der Waals surface area (Å²) < 4.78 is 5.70. The molecule has 2 heterocycles. The first-order valence-electron chi connectivity index (χ1n) is 9.11. The quantitative estimate of drug-likeness (QED) is 0.922. The summed E-state index contributed by atoms with van der Waals surface area (Å²) in [6.07, 6.45) is 2.75. The first-order chi connectivity index (χ1) is 11.6. The lowest BCUT2D eigenvalue weighted by Gasteiger charge is -2.35. The van der Waals surface area contributed by atoms with Gasteiger partial charge in [-0.1, -0.05) is 26.0 Å². The van der Waals surface area contributed by atoms with Crippen LogP contribution in [0.4, 0.5) is 10.5 Å². The molecule has 5 heteroatoms. The fourth-order valence-electron chi connectivity index (χ4n) is 3.36. The molecule has 2 fully saturated rings. The Morgan fingerprint density at radius 1 is 1.21 bits per heavy atom. The number of hydrogen-bond acceptors (Lipinski definition) is 3. The van der Waals surface area contributed by atoms with E-state index in [0.717, 1.165) is 45.0 Å². The number of hydrogen-bond donors (Lipinski definition) is 1. The Morgan fingerprint density at radius 2 is 1.92 bits per heavy atom. The first kappa shape index (κ1) is 17.2. The summed E-state index contributed by atoms with van der Waals surface area (Å²) in [5.74, 6) is 0.506. The van der Waals surface area contributed by atoms with E-state index in [9.17, 15) is 4.79 Å². The van der Waals surface area contributed by atoms with E-state index in [1.165, 1.54) is 18.4 Å². The number of benzene rings is 1. The van der Waals surface area contributed by atoms with E-state index in [1.807, 2.05) is 17.0 Å². The third kappa shape index (κ3) is 4.48. The zero-order chi connectivity index (χ0) is 16.9. The molecule has 0 saturated carbocycles. The van der Waals surface area contributed by atoms with Gasteiger partial charge in [0.1, 0.15) is 0 Å². The molecule has 1 N–H and O–H groups in total. The van der Waals surface area contributed by atoms with Gasteiger partial charge in [-0.15, -0.1) is 0 Å². The van der Waals surface area contributed by atoms with Crippen molar-refractivity contribution in [3.8, 4) is 0 Å². The van der Waals surface area contributed by atoms with E-state index < -0.39 is 0 Å². The van der Waals surface area contributed by atoms with Gasteiger partial charge >= 0.3 is 6.03 Å². The zero-order valence-electron chi connectivity index (χ0n) is 14.8. The summed E-state index contributed by atoms with van der Waals surface area (Å²) in [5, 5.41) is 3.01. The fraction of sp³-hybridized carbons (Fsp3) is 0.632. The van der Waals surface area contributed by atoms with E-state index in [4.69, 9.17) is 4.74 Å². The van der Waals surface area contributed by atoms with Gasteiger partial charge in [-0.05, 0) is 36.5 Å². The van der Waals surface area contributed by atoms with Crippen molar-refractivity contribution in [3.05, 3.63) is 29.8 Å². The summed E-state index contributed by atoms with van der Waals surface area (Å²) in [4.78, 5) is 16.7. The third-order valence-corrected chi connectivity index (χ3v) is 4.97. The summed E-state index contributed by atoms with van der Waals surface area (Å²) in [5.41, 5.74) is 2.15. The molecule has 3 rings (SSSR count). The maximum Gasteiger partial charge on any atom is 0.321 e. The second-order valence-electron chi connectivity index (χ2n) is 7.13. The van der Waals surface area contributed by atoms with Crippen LogP contribution in [0.25, 0.3) is 0 Å². The van der Waals surface area contributed by atoms with Gasteiger partial charge in [-0.25, -0.2) is 4.79 Å². The van der Waals surface area contributed by atoms with E-state index in [2.05, 4.69) is 36.2 Å². The molecule has 1 aromatic carbocycles. The lowest BCUT2D eigenvalue weighted by atomic mass is 10.0. The summed E-state index contributed by atoms with van der Waals surface area (Å²) in [6.45, 7) is 9.67. The average molecular weight is 331 g/mol. The van der Waals surface area contributed by atoms with Gasteiger partial charge in [0, 0.05) is 45.0 Å². The molecule has 2 amide bonds. The van der Waals surface area contributed by atoms with Crippen LogP contribution in [0.5, 0.6) is 0 Å². The maximum atomic E-state index is 12.4. The molecule has 0 aromatic heterocycles. The molecule has 1 unspecified atom stereocenters. The molecule has 2 aliphatic rings. The number of nitrogens with zero attached hydrogens (tertiary/aromatic N) is 2. The van der Waals surface area contributed by atoms with Crippen molar-refractivity contribution in [1.82, 2.24) is 9.80 Å². The van der Waals surface area contributed by atoms with Crippen molar-refractivity contribution >= 4 is 11.7 Å². The second-order valence-corrected chi connectivity index (χ2v) is 7.13. The van der Waals surface area contributed by atoms with Crippen molar-refractivity contribution < 1.29 is 9.53 Å². The molecule has 0 radical (unpaired) electrons. The molecule has 2 aliphatic heterocycles. The van der Waals surface area contributed by atoms with E-state index in [-0.39, 0.29) is 6.03 Å².